The van der Waals surface area contributed by atoms with Gasteiger partial charge in [0.1, 0.15) is 0 Å². The molecule has 0 bridgehead atoms. The van der Waals surface area contributed by atoms with Crippen molar-refractivity contribution in [1.29, 1.82) is 0 Å². The molecule has 0 radical (unpaired) electrons. The van der Waals surface area contributed by atoms with Crippen LogP contribution in [0.3, 0.4) is 0 Å². The maximum atomic E-state index is 9.87. The fourth-order valence-corrected chi connectivity index (χ4v) is 3.02. The zero-order chi connectivity index (χ0) is 19.7. The van der Waals surface area contributed by atoms with Gasteiger partial charge in [-0.15, -0.1) is 4.52 Å². The van der Waals surface area contributed by atoms with Gasteiger partial charge in [0.15, 0.2) is 0 Å². The summed E-state index contributed by atoms with van der Waals surface area (Å²) in [5.74, 6) is 0. The number of halogens is 6. The summed E-state index contributed by atoms with van der Waals surface area (Å²) in [4.78, 5) is 0. The summed E-state index contributed by atoms with van der Waals surface area (Å²) in [5, 5.41) is 1.41. The first kappa shape index (κ1) is 20.5. The number of para-hydroxylation sites is 1. The van der Waals surface area contributed by atoms with Crippen LogP contribution in [0.1, 0.15) is 37.9 Å². The average Bonchev–Trinajstić information content (AvgIpc) is 2.97. The van der Waals surface area contributed by atoms with Crippen molar-refractivity contribution in [2.24, 2.45) is 0 Å². The van der Waals surface area contributed by atoms with Crippen LogP contribution in [0, 0.1) is 0 Å². The third-order valence-electron chi connectivity index (χ3n) is 3.77. The molecule has 3 aromatic rings. The van der Waals surface area contributed by atoms with Gasteiger partial charge >= 0.3 is 33.0 Å². The van der Waals surface area contributed by atoms with Crippen LogP contribution in [0.2, 0.25) is 0 Å². The molecule has 146 valence electrons. The van der Waals surface area contributed by atoms with Gasteiger partial charge in [0.2, 0.25) is 11.7 Å². The molecule has 1 aromatic carbocycles. The van der Waals surface area contributed by atoms with Crippen molar-refractivity contribution in [2.75, 3.05) is 0 Å². The van der Waals surface area contributed by atoms with Gasteiger partial charge in [0, 0.05) is 12.1 Å². The minimum atomic E-state index is -10.7. The summed E-state index contributed by atoms with van der Waals surface area (Å²) in [6, 6.07) is 10.9. The van der Waals surface area contributed by atoms with Crippen molar-refractivity contribution < 1.29 is 29.7 Å². The molecule has 0 amide bonds. The van der Waals surface area contributed by atoms with Crippen LogP contribution < -0.4 is 4.52 Å². The van der Waals surface area contributed by atoms with Crippen molar-refractivity contribution in [3.05, 3.63) is 54.0 Å². The number of fused-ring (bicyclic) bond motifs is 3. The summed E-state index contributed by atoms with van der Waals surface area (Å²) in [5.41, 5.74) is 4.29. The van der Waals surface area contributed by atoms with Gasteiger partial charge in [-0.05, 0) is 24.5 Å². The Kier molecular flexibility index (Phi) is 5.05. The molecule has 0 spiro atoms. The summed E-state index contributed by atoms with van der Waals surface area (Å²) in [7, 11) is -10.7. The topological polar surface area (TPSA) is 8.51 Å². The van der Waals surface area contributed by atoms with Crippen molar-refractivity contribution in [3.63, 3.8) is 0 Å². The van der Waals surface area contributed by atoms with Gasteiger partial charge in [0.25, 0.3) is 0 Å². The summed E-state index contributed by atoms with van der Waals surface area (Å²) in [6.07, 6.45) is 9.00. The zero-order valence-electron chi connectivity index (χ0n) is 14.5. The van der Waals surface area contributed by atoms with Crippen molar-refractivity contribution in [3.8, 4) is 0 Å². The number of aromatic nitrogens is 2. The Morgan fingerprint density at radius 1 is 0.885 bits per heavy atom. The quantitative estimate of drug-likeness (QED) is 0.255. The molecule has 0 saturated heterocycles. The Bertz CT molecular complexity index is 904. The minimum absolute atomic E-state index is 1.14. The van der Waals surface area contributed by atoms with Gasteiger partial charge in [-0.3, -0.25) is 0 Å². The standard InChI is InChI=1S/C17H21N2.F6P/c1-3-8-14-15-10-5-6-11-17(15)19-13-7-12-18(19)16(14)9-4-2;1-7(2,3,4,5)6/h5-7,10-13H,3-4,8-9H2,1-2H3;/q+1;-1. The van der Waals surface area contributed by atoms with E-state index in [1.807, 2.05) is 0 Å². The van der Waals surface area contributed by atoms with Crippen LogP contribution >= 0.6 is 7.81 Å². The van der Waals surface area contributed by atoms with Crippen molar-refractivity contribution in [1.82, 2.24) is 4.52 Å². The van der Waals surface area contributed by atoms with E-state index in [-0.39, 0.29) is 0 Å². The monoisotopic (exact) mass is 398 g/mol. The Balaban J connectivity index is 0.000000298. The van der Waals surface area contributed by atoms with Gasteiger partial charge in [-0.1, -0.05) is 43.3 Å². The molecular weight excluding hydrogens is 377 g/mol. The zero-order valence-corrected chi connectivity index (χ0v) is 15.4. The van der Waals surface area contributed by atoms with E-state index in [1.54, 1.807) is 0 Å². The number of hydrogen-bond acceptors (Lipinski definition) is 0. The first-order valence-electron chi connectivity index (χ1n) is 8.29. The molecule has 26 heavy (non-hydrogen) atoms. The second-order valence-corrected chi connectivity index (χ2v) is 8.00. The summed E-state index contributed by atoms with van der Waals surface area (Å²) in [6.45, 7) is 4.52. The van der Waals surface area contributed by atoms with Crippen LogP contribution in [0.15, 0.2) is 42.7 Å². The van der Waals surface area contributed by atoms with Gasteiger partial charge in [0.05, 0.1) is 17.3 Å². The van der Waals surface area contributed by atoms with Gasteiger partial charge in [-0.25, -0.2) is 0 Å². The second kappa shape index (κ2) is 6.41. The molecule has 2 heterocycles. The first-order valence-corrected chi connectivity index (χ1v) is 10.3. The molecule has 2 aromatic heterocycles. The van der Waals surface area contributed by atoms with E-state index in [4.69, 9.17) is 0 Å². The molecule has 2 nitrogen and oxygen atoms in total. The molecule has 0 saturated carbocycles. The second-order valence-electron chi connectivity index (χ2n) is 6.08. The fourth-order valence-electron chi connectivity index (χ4n) is 3.02. The van der Waals surface area contributed by atoms with E-state index in [1.165, 1.54) is 35.0 Å². The molecule has 3 rings (SSSR count). The van der Waals surface area contributed by atoms with Gasteiger partial charge < -0.3 is 0 Å². The molecular formula is C17H21F6N2P. The van der Waals surface area contributed by atoms with E-state index in [0.717, 1.165) is 12.8 Å². The van der Waals surface area contributed by atoms with E-state index in [9.17, 15) is 25.2 Å². The fraction of sp³-hybridized carbons (Fsp3) is 0.353. The normalized spacial score (nSPS) is 14.6. The molecule has 0 aliphatic rings. The Labute approximate surface area is 147 Å². The van der Waals surface area contributed by atoms with Crippen LogP contribution in [0.25, 0.3) is 10.9 Å². The summed E-state index contributed by atoms with van der Waals surface area (Å²) >= 11 is 0. The third-order valence-corrected chi connectivity index (χ3v) is 3.77. The molecule has 0 fully saturated rings. The molecule has 0 N–H and O–H groups in total. The number of hydrogen-bond donors (Lipinski definition) is 0. The number of aryl methyl sites for hydroxylation is 2. The third kappa shape index (κ3) is 5.87. The predicted molar refractivity (Wildman–Crippen MR) is 92.1 cm³/mol. The van der Waals surface area contributed by atoms with E-state index < -0.39 is 7.81 Å². The van der Waals surface area contributed by atoms with Crippen molar-refractivity contribution in [2.45, 2.75) is 39.5 Å². The van der Waals surface area contributed by atoms with Crippen LogP contribution in [-0.4, -0.2) is 4.52 Å². The van der Waals surface area contributed by atoms with E-state index in [2.05, 4.69) is 65.6 Å². The number of benzene rings is 1. The Hall–Kier alpha value is -1.82. The Morgan fingerprint density at radius 3 is 2.04 bits per heavy atom. The van der Waals surface area contributed by atoms with Crippen LogP contribution in [0.4, 0.5) is 25.2 Å². The average molecular weight is 398 g/mol. The molecule has 9 heteroatoms. The first-order chi connectivity index (χ1) is 11.8. The van der Waals surface area contributed by atoms with E-state index in [0.29, 0.717) is 0 Å². The molecule has 0 unspecified atom stereocenters. The molecule has 0 atom stereocenters. The van der Waals surface area contributed by atoms with Crippen LogP contribution in [-0.2, 0) is 12.8 Å². The Morgan fingerprint density at radius 2 is 1.46 bits per heavy atom. The predicted octanol–water partition coefficient (Wildman–Crippen LogP) is 6.97. The maximum absolute atomic E-state index is 10.7. The number of rotatable bonds is 4. The summed E-state index contributed by atoms with van der Waals surface area (Å²) < 4.78 is 63.8. The van der Waals surface area contributed by atoms with E-state index >= 15 is 0 Å². The number of nitrogens with zero attached hydrogens (tertiary/aromatic N) is 2. The van der Waals surface area contributed by atoms with Gasteiger partial charge in [-0.2, -0.15) is 0 Å². The SMILES string of the molecule is CCCc1c(CCC)n2ccc[n+]2c2ccccc12.F[P-](F)(F)(F)(F)F. The van der Waals surface area contributed by atoms with Crippen LogP contribution in [0.5, 0.6) is 0 Å². The molecule has 0 aliphatic heterocycles. The molecule has 0 aliphatic carbocycles. The van der Waals surface area contributed by atoms with Crippen molar-refractivity contribution >= 4 is 18.7 Å².